The monoisotopic (exact) mass is 398 g/mol. The van der Waals surface area contributed by atoms with E-state index in [-0.39, 0.29) is 17.8 Å². The summed E-state index contributed by atoms with van der Waals surface area (Å²) in [7, 11) is 1.63. The molecule has 2 atom stereocenters. The molecule has 2 aromatic rings. The third-order valence-corrected chi connectivity index (χ3v) is 5.53. The lowest BCUT2D eigenvalue weighted by molar-refractivity contribution is 0.0962. The van der Waals surface area contributed by atoms with E-state index in [0.717, 1.165) is 43.0 Å². The van der Waals surface area contributed by atoms with E-state index in [4.69, 9.17) is 0 Å². The van der Waals surface area contributed by atoms with Gasteiger partial charge in [-0.2, -0.15) is 0 Å². The molecule has 1 aliphatic heterocycles. The highest BCUT2D eigenvalue weighted by Gasteiger charge is 2.22. The van der Waals surface area contributed by atoms with Crippen molar-refractivity contribution in [2.45, 2.75) is 32.9 Å². The molecule has 2 aromatic carbocycles. The van der Waals surface area contributed by atoms with Gasteiger partial charge >= 0.3 is 0 Å². The van der Waals surface area contributed by atoms with E-state index < -0.39 is 0 Å². The van der Waals surface area contributed by atoms with Crippen molar-refractivity contribution in [1.82, 2.24) is 15.5 Å². The fourth-order valence-corrected chi connectivity index (χ4v) is 3.84. The highest BCUT2D eigenvalue weighted by molar-refractivity contribution is 5.95. The summed E-state index contributed by atoms with van der Waals surface area (Å²) < 4.78 is 14.3. The summed E-state index contributed by atoms with van der Waals surface area (Å²) in [4.78, 5) is 14.4. The van der Waals surface area contributed by atoms with Gasteiger partial charge in [-0.1, -0.05) is 12.1 Å². The van der Waals surface area contributed by atoms with Crippen molar-refractivity contribution >= 4 is 11.6 Å². The molecule has 5 nitrogen and oxygen atoms in total. The Morgan fingerprint density at radius 2 is 2.03 bits per heavy atom. The van der Waals surface area contributed by atoms with E-state index in [0.29, 0.717) is 17.2 Å². The maximum atomic E-state index is 14.3. The Kier molecular flexibility index (Phi) is 6.87. The minimum Gasteiger partial charge on any atom is -0.377 e. The minimum absolute atomic E-state index is 0.0550. The van der Waals surface area contributed by atoms with Gasteiger partial charge in [-0.05, 0) is 61.7 Å². The first-order chi connectivity index (χ1) is 13.9. The third kappa shape index (κ3) is 5.34. The molecule has 0 bridgehead atoms. The predicted octanol–water partition coefficient (Wildman–Crippen LogP) is 3.25. The molecule has 0 radical (unpaired) electrons. The van der Waals surface area contributed by atoms with Crippen LogP contribution in [0.5, 0.6) is 0 Å². The number of amides is 1. The molecule has 3 N–H and O–H groups in total. The molecule has 1 aliphatic rings. The number of benzene rings is 2. The largest absolute Gasteiger partial charge is 0.377 e. The first kappa shape index (κ1) is 21.3. The molecule has 29 heavy (non-hydrogen) atoms. The SMILES string of the molecule is CNC(=O)c1ccc(NC(CN2CCN[C@H](C)C2)c2ccc(C)c(F)c2)cc1C. The van der Waals surface area contributed by atoms with E-state index in [9.17, 15) is 9.18 Å². The minimum atomic E-state index is -0.186. The van der Waals surface area contributed by atoms with E-state index in [2.05, 4.69) is 27.8 Å². The van der Waals surface area contributed by atoms with Gasteiger partial charge in [0.15, 0.2) is 0 Å². The number of halogens is 1. The quantitative estimate of drug-likeness (QED) is 0.699. The predicted molar refractivity (Wildman–Crippen MR) is 116 cm³/mol. The van der Waals surface area contributed by atoms with Gasteiger partial charge in [-0.25, -0.2) is 4.39 Å². The van der Waals surface area contributed by atoms with Gasteiger partial charge in [0.1, 0.15) is 5.82 Å². The van der Waals surface area contributed by atoms with Gasteiger partial charge in [-0.15, -0.1) is 0 Å². The number of carbonyl (C=O) groups excluding carboxylic acids is 1. The zero-order valence-corrected chi connectivity index (χ0v) is 17.7. The van der Waals surface area contributed by atoms with E-state index in [1.807, 2.05) is 37.3 Å². The standard InChI is InChI=1S/C23H31FN4O/c1-15-5-6-18(12-21(15)24)22(14-28-10-9-26-17(3)13-28)27-19-7-8-20(16(2)11-19)23(29)25-4/h5-8,11-12,17,22,26-27H,9-10,13-14H2,1-4H3,(H,25,29)/t17-,22?/m1/s1. The average molecular weight is 399 g/mol. The van der Waals surface area contributed by atoms with Crippen LogP contribution in [0.3, 0.4) is 0 Å². The van der Waals surface area contributed by atoms with Crippen molar-refractivity contribution < 1.29 is 9.18 Å². The Bertz CT molecular complexity index is 870. The lowest BCUT2D eigenvalue weighted by Crippen LogP contribution is -2.50. The van der Waals surface area contributed by atoms with Crippen LogP contribution in [0.15, 0.2) is 36.4 Å². The molecule has 6 heteroatoms. The number of nitrogens with one attached hydrogen (secondary N) is 3. The summed E-state index contributed by atoms with van der Waals surface area (Å²) in [5.74, 6) is -0.282. The molecular weight excluding hydrogens is 367 g/mol. The molecule has 1 saturated heterocycles. The maximum absolute atomic E-state index is 14.3. The summed E-state index contributed by atoms with van der Waals surface area (Å²) in [6, 6.07) is 11.6. The van der Waals surface area contributed by atoms with Gasteiger partial charge in [0.05, 0.1) is 6.04 Å². The lowest BCUT2D eigenvalue weighted by atomic mass is 10.0. The summed E-state index contributed by atoms with van der Waals surface area (Å²) in [6.07, 6.45) is 0. The highest BCUT2D eigenvalue weighted by atomic mass is 19.1. The van der Waals surface area contributed by atoms with Crippen molar-refractivity contribution in [3.63, 3.8) is 0 Å². The topological polar surface area (TPSA) is 56.4 Å². The number of hydrogen-bond acceptors (Lipinski definition) is 4. The first-order valence-corrected chi connectivity index (χ1v) is 10.2. The maximum Gasteiger partial charge on any atom is 0.251 e. The zero-order valence-electron chi connectivity index (χ0n) is 17.7. The Morgan fingerprint density at radius 1 is 1.24 bits per heavy atom. The molecule has 1 amide bonds. The molecule has 0 aromatic heterocycles. The fourth-order valence-electron chi connectivity index (χ4n) is 3.84. The van der Waals surface area contributed by atoms with Crippen molar-refractivity contribution in [2.75, 3.05) is 38.5 Å². The Labute approximate surface area is 172 Å². The number of nitrogens with zero attached hydrogens (tertiary/aromatic N) is 1. The molecule has 1 fully saturated rings. The number of rotatable bonds is 6. The second kappa shape index (κ2) is 9.37. The van der Waals surface area contributed by atoms with Crippen LogP contribution in [0.1, 0.15) is 40.0 Å². The van der Waals surface area contributed by atoms with E-state index in [1.54, 1.807) is 20.0 Å². The van der Waals surface area contributed by atoms with Crippen LogP contribution in [0.2, 0.25) is 0 Å². The average Bonchev–Trinajstić information content (AvgIpc) is 2.69. The lowest BCUT2D eigenvalue weighted by Gasteiger charge is -2.35. The fraction of sp³-hybridized carbons (Fsp3) is 0.435. The molecule has 0 saturated carbocycles. The Morgan fingerprint density at radius 3 is 2.69 bits per heavy atom. The number of hydrogen-bond donors (Lipinski definition) is 3. The summed E-state index contributed by atoms with van der Waals surface area (Å²) >= 11 is 0. The van der Waals surface area contributed by atoms with Gasteiger partial charge in [0, 0.05) is 50.5 Å². The molecule has 156 valence electrons. The number of carbonyl (C=O) groups is 1. The second-order valence-corrected chi connectivity index (χ2v) is 7.93. The number of piperazine rings is 1. The van der Waals surface area contributed by atoms with Crippen molar-refractivity contribution in [1.29, 1.82) is 0 Å². The summed E-state index contributed by atoms with van der Waals surface area (Å²) in [6.45, 7) is 9.54. The van der Waals surface area contributed by atoms with Crippen LogP contribution in [-0.2, 0) is 0 Å². The van der Waals surface area contributed by atoms with Gasteiger partial charge in [0.2, 0.25) is 0 Å². The van der Waals surface area contributed by atoms with Crippen LogP contribution >= 0.6 is 0 Å². The van der Waals surface area contributed by atoms with Crippen LogP contribution in [0, 0.1) is 19.7 Å². The van der Waals surface area contributed by atoms with Crippen molar-refractivity contribution in [3.05, 3.63) is 64.5 Å². The number of anilines is 1. The summed E-state index contributed by atoms with van der Waals surface area (Å²) in [5, 5.41) is 9.69. The van der Waals surface area contributed by atoms with Crippen LogP contribution < -0.4 is 16.0 Å². The second-order valence-electron chi connectivity index (χ2n) is 7.93. The molecule has 0 spiro atoms. The van der Waals surface area contributed by atoms with Crippen LogP contribution in [0.25, 0.3) is 0 Å². The van der Waals surface area contributed by atoms with Gasteiger partial charge < -0.3 is 16.0 Å². The van der Waals surface area contributed by atoms with Crippen LogP contribution in [0.4, 0.5) is 10.1 Å². The molecule has 1 unspecified atom stereocenters. The zero-order chi connectivity index (χ0) is 21.0. The van der Waals surface area contributed by atoms with Gasteiger partial charge in [-0.3, -0.25) is 9.69 Å². The third-order valence-electron chi connectivity index (χ3n) is 5.53. The van der Waals surface area contributed by atoms with E-state index in [1.165, 1.54) is 0 Å². The molecule has 0 aliphatic carbocycles. The molecular formula is C23H31FN4O. The summed E-state index contributed by atoms with van der Waals surface area (Å²) in [5.41, 5.74) is 4.05. The smallest absolute Gasteiger partial charge is 0.251 e. The molecule has 1 heterocycles. The Balaban J connectivity index is 1.85. The van der Waals surface area contributed by atoms with Crippen molar-refractivity contribution in [2.24, 2.45) is 0 Å². The molecule has 3 rings (SSSR count). The Hall–Kier alpha value is -2.44. The van der Waals surface area contributed by atoms with Gasteiger partial charge in [0.25, 0.3) is 5.91 Å². The number of aryl methyl sites for hydroxylation is 2. The van der Waals surface area contributed by atoms with E-state index >= 15 is 0 Å². The normalized spacial score (nSPS) is 18.3. The van der Waals surface area contributed by atoms with Crippen molar-refractivity contribution in [3.8, 4) is 0 Å². The highest BCUT2D eigenvalue weighted by Crippen LogP contribution is 2.25. The first-order valence-electron chi connectivity index (χ1n) is 10.2. The van der Waals surface area contributed by atoms with Crippen LogP contribution in [-0.4, -0.2) is 50.1 Å².